The Morgan fingerprint density at radius 1 is 1.42 bits per heavy atom. The Balaban J connectivity index is 2.16. The molecule has 0 amide bonds. The second kappa shape index (κ2) is 6.38. The molecule has 1 aromatic heterocycles. The van der Waals surface area contributed by atoms with Gasteiger partial charge < -0.3 is 10.2 Å². The van der Waals surface area contributed by atoms with Crippen LogP contribution < -0.4 is 10.2 Å². The van der Waals surface area contributed by atoms with Gasteiger partial charge in [-0.05, 0) is 43.9 Å². The molecule has 0 bridgehead atoms. The summed E-state index contributed by atoms with van der Waals surface area (Å²) in [5.74, 6) is 1.17. The van der Waals surface area contributed by atoms with Crippen LogP contribution in [0.25, 0.3) is 0 Å². The molecular formula is C16H27N3. The lowest BCUT2D eigenvalue weighted by Crippen LogP contribution is -2.29. The lowest BCUT2D eigenvalue weighted by Gasteiger charge is -2.25. The number of nitrogens with zero attached hydrogens (tertiary/aromatic N) is 2. The molecule has 1 N–H and O–H groups in total. The van der Waals surface area contributed by atoms with E-state index in [0.29, 0.717) is 12.1 Å². The number of hydrogen-bond acceptors (Lipinski definition) is 3. The molecule has 106 valence electrons. The maximum atomic E-state index is 4.74. The molecule has 19 heavy (non-hydrogen) atoms. The molecule has 1 unspecified atom stereocenters. The topological polar surface area (TPSA) is 28.2 Å². The fraction of sp³-hybridized carbons (Fsp3) is 0.688. The summed E-state index contributed by atoms with van der Waals surface area (Å²) in [6.07, 6.45) is 3.83. The predicted octanol–water partition coefficient (Wildman–Crippen LogP) is 3.27. The van der Waals surface area contributed by atoms with Crippen molar-refractivity contribution in [3.05, 3.63) is 23.4 Å². The molecule has 1 atom stereocenters. The van der Waals surface area contributed by atoms with Crippen molar-refractivity contribution in [1.82, 2.24) is 10.3 Å². The van der Waals surface area contributed by atoms with E-state index >= 15 is 0 Å². The lowest BCUT2D eigenvalue weighted by molar-refractivity contribution is 0.587. The van der Waals surface area contributed by atoms with Crippen LogP contribution in [0.1, 0.15) is 51.3 Å². The summed E-state index contributed by atoms with van der Waals surface area (Å²) in [6.45, 7) is 10.8. The van der Waals surface area contributed by atoms with E-state index in [4.69, 9.17) is 4.98 Å². The summed E-state index contributed by atoms with van der Waals surface area (Å²) in [6, 6.07) is 5.65. The van der Waals surface area contributed by atoms with Crippen LogP contribution in [0.5, 0.6) is 0 Å². The Morgan fingerprint density at radius 2 is 2.21 bits per heavy atom. The van der Waals surface area contributed by atoms with Gasteiger partial charge in [0.1, 0.15) is 5.82 Å². The highest BCUT2D eigenvalue weighted by Gasteiger charge is 2.24. The van der Waals surface area contributed by atoms with Gasteiger partial charge in [-0.25, -0.2) is 4.98 Å². The van der Waals surface area contributed by atoms with E-state index in [2.05, 4.69) is 50.0 Å². The number of nitrogens with one attached hydrogen (secondary N) is 1. The van der Waals surface area contributed by atoms with Crippen molar-refractivity contribution in [2.24, 2.45) is 0 Å². The van der Waals surface area contributed by atoms with Crippen molar-refractivity contribution in [3.8, 4) is 0 Å². The van der Waals surface area contributed by atoms with Crippen LogP contribution in [0.4, 0.5) is 5.82 Å². The quantitative estimate of drug-likeness (QED) is 0.881. The van der Waals surface area contributed by atoms with Crippen LogP contribution >= 0.6 is 0 Å². The smallest absolute Gasteiger partial charge is 0.129 e. The average Bonchev–Trinajstić information content (AvgIpc) is 2.84. The Hall–Kier alpha value is -1.09. The van der Waals surface area contributed by atoms with Crippen LogP contribution in [0, 0.1) is 6.92 Å². The van der Waals surface area contributed by atoms with E-state index in [1.807, 2.05) is 0 Å². The summed E-state index contributed by atoms with van der Waals surface area (Å²) in [7, 11) is 0. The molecule has 1 fully saturated rings. The summed E-state index contributed by atoms with van der Waals surface area (Å²) in [4.78, 5) is 7.23. The van der Waals surface area contributed by atoms with Gasteiger partial charge in [0.05, 0.1) is 0 Å². The Kier molecular flexibility index (Phi) is 4.81. The third-order valence-corrected chi connectivity index (χ3v) is 3.86. The van der Waals surface area contributed by atoms with Crippen LogP contribution in [0.15, 0.2) is 12.1 Å². The SMILES string of the molecule is CCC1CCCN1c1cc(CNC(C)C)cc(C)n1. The lowest BCUT2D eigenvalue weighted by atomic mass is 10.1. The van der Waals surface area contributed by atoms with Gasteiger partial charge in [-0.2, -0.15) is 0 Å². The molecule has 2 rings (SSSR count). The van der Waals surface area contributed by atoms with Gasteiger partial charge in [-0.3, -0.25) is 0 Å². The maximum Gasteiger partial charge on any atom is 0.129 e. The normalized spacial score (nSPS) is 19.4. The molecule has 1 aliphatic rings. The largest absolute Gasteiger partial charge is 0.354 e. The van der Waals surface area contributed by atoms with E-state index in [1.54, 1.807) is 0 Å². The molecule has 0 spiro atoms. The summed E-state index contributed by atoms with van der Waals surface area (Å²) in [5.41, 5.74) is 2.47. The first-order valence-electron chi connectivity index (χ1n) is 7.57. The number of anilines is 1. The summed E-state index contributed by atoms with van der Waals surface area (Å²) >= 11 is 0. The Labute approximate surface area is 117 Å². The average molecular weight is 261 g/mol. The van der Waals surface area contributed by atoms with Gasteiger partial charge in [0.2, 0.25) is 0 Å². The fourth-order valence-electron chi connectivity index (χ4n) is 2.85. The van der Waals surface area contributed by atoms with E-state index < -0.39 is 0 Å². The molecule has 1 saturated heterocycles. The third kappa shape index (κ3) is 3.69. The van der Waals surface area contributed by atoms with E-state index in [-0.39, 0.29) is 0 Å². The van der Waals surface area contributed by atoms with Gasteiger partial charge in [-0.15, -0.1) is 0 Å². The molecule has 1 aliphatic heterocycles. The minimum atomic E-state index is 0.520. The van der Waals surface area contributed by atoms with Gasteiger partial charge >= 0.3 is 0 Å². The third-order valence-electron chi connectivity index (χ3n) is 3.86. The van der Waals surface area contributed by atoms with Gasteiger partial charge in [-0.1, -0.05) is 20.8 Å². The Bertz CT molecular complexity index is 414. The van der Waals surface area contributed by atoms with Crippen molar-refractivity contribution in [2.45, 2.75) is 65.6 Å². The monoisotopic (exact) mass is 261 g/mol. The zero-order valence-corrected chi connectivity index (χ0v) is 12.7. The first-order chi connectivity index (χ1) is 9.10. The molecule has 0 radical (unpaired) electrons. The summed E-state index contributed by atoms with van der Waals surface area (Å²) < 4.78 is 0. The zero-order valence-electron chi connectivity index (χ0n) is 12.7. The van der Waals surface area contributed by atoms with Crippen molar-refractivity contribution in [3.63, 3.8) is 0 Å². The molecular weight excluding hydrogens is 234 g/mol. The molecule has 0 aliphatic carbocycles. The van der Waals surface area contributed by atoms with Gasteiger partial charge in [0.15, 0.2) is 0 Å². The van der Waals surface area contributed by atoms with E-state index in [0.717, 1.165) is 18.8 Å². The first-order valence-corrected chi connectivity index (χ1v) is 7.57. The van der Waals surface area contributed by atoms with Crippen LogP contribution in [0.2, 0.25) is 0 Å². The number of rotatable bonds is 5. The van der Waals surface area contributed by atoms with E-state index in [9.17, 15) is 0 Å². The molecule has 3 heteroatoms. The molecule has 0 aromatic carbocycles. The summed E-state index contributed by atoms with van der Waals surface area (Å²) in [5, 5.41) is 3.49. The van der Waals surface area contributed by atoms with Crippen molar-refractivity contribution in [2.75, 3.05) is 11.4 Å². The van der Waals surface area contributed by atoms with Crippen molar-refractivity contribution in [1.29, 1.82) is 0 Å². The molecule has 0 saturated carbocycles. The van der Waals surface area contributed by atoms with Crippen LogP contribution in [-0.4, -0.2) is 23.6 Å². The second-order valence-electron chi connectivity index (χ2n) is 5.91. The number of aromatic nitrogens is 1. The van der Waals surface area contributed by atoms with Crippen LogP contribution in [-0.2, 0) is 6.54 Å². The molecule has 2 heterocycles. The number of aryl methyl sites for hydroxylation is 1. The standard InChI is InChI=1S/C16H27N3/c1-5-15-7-6-8-19(15)16-10-14(9-13(4)18-16)11-17-12(2)3/h9-10,12,15,17H,5-8,11H2,1-4H3. The number of pyridine rings is 1. The van der Waals surface area contributed by atoms with Gasteiger partial charge in [0, 0.05) is 30.9 Å². The number of hydrogen-bond donors (Lipinski definition) is 1. The van der Waals surface area contributed by atoms with E-state index in [1.165, 1.54) is 30.6 Å². The minimum absolute atomic E-state index is 0.520. The van der Waals surface area contributed by atoms with Crippen LogP contribution in [0.3, 0.4) is 0 Å². The van der Waals surface area contributed by atoms with Crippen molar-refractivity contribution >= 4 is 5.82 Å². The van der Waals surface area contributed by atoms with Gasteiger partial charge in [0.25, 0.3) is 0 Å². The Morgan fingerprint density at radius 3 is 2.89 bits per heavy atom. The zero-order chi connectivity index (χ0) is 13.8. The minimum Gasteiger partial charge on any atom is -0.354 e. The first kappa shape index (κ1) is 14.3. The second-order valence-corrected chi connectivity index (χ2v) is 5.91. The highest BCUT2D eigenvalue weighted by molar-refractivity contribution is 5.44. The predicted molar refractivity (Wildman–Crippen MR) is 81.6 cm³/mol. The maximum absolute atomic E-state index is 4.74. The fourth-order valence-corrected chi connectivity index (χ4v) is 2.85. The highest BCUT2D eigenvalue weighted by Crippen LogP contribution is 2.26. The molecule has 1 aromatic rings. The molecule has 3 nitrogen and oxygen atoms in total. The van der Waals surface area contributed by atoms with Crippen molar-refractivity contribution < 1.29 is 0 Å². The highest BCUT2D eigenvalue weighted by atomic mass is 15.2.